The second-order valence-corrected chi connectivity index (χ2v) is 6.20. The largest absolute Gasteiger partial charge is 0.368 e. The molecule has 25 heavy (non-hydrogen) atoms. The number of amides is 1. The van der Waals surface area contributed by atoms with E-state index in [0.717, 1.165) is 28.5 Å². The molecular weight excluding hydrogens is 312 g/mol. The fourth-order valence-corrected chi connectivity index (χ4v) is 2.78. The number of primary amides is 1. The maximum absolute atomic E-state index is 11.6. The number of aromatic amines is 1. The van der Waals surface area contributed by atoms with Gasteiger partial charge < -0.3 is 15.6 Å². The molecule has 0 aliphatic heterocycles. The third-order valence-corrected chi connectivity index (χ3v) is 4.02. The molecule has 128 valence electrons. The molecule has 1 heterocycles. The van der Waals surface area contributed by atoms with Crippen LogP contribution in [0.1, 0.15) is 13.8 Å². The van der Waals surface area contributed by atoms with Crippen LogP contribution in [0.25, 0.3) is 22.6 Å². The van der Waals surface area contributed by atoms with E-state index in [0.29, 0.717) is 0 Å². The van der Waals surface area contributed by atoms with E-state index in [1.54, 1.807) is 0 Å². The Labute approximate surface area is 147 Å². The Bertz CT molecular complexity index is 841. The molecule has 2 aromatic carbocycles. The fourth-order valence-electron chi connectivity index (χ4n) is 2.78. The van der Waals surface area contributed by atoms with Gasteiger partial charge >= 0.3 is 0 Å². The molecule has 0 saturated heterocycles. The van der Waals surface area contributed by atoms with E-state index in [1.165, 1.54) is 0 Å². The average molecular weight is 334 g/mol. The number of hydrogen-bond acceptors (Lipinski definition) is 3. The Hall–Kier alpha value is -3.08. The van der Waals surface area contributed by atoms with Crippen molar-refractivity contribution < 1.29 is 4.79 Å². The van der Waals surface area contributed by atoms with E-state index in [4.69, 9.17) is 10.7 Å². The van der Waals surface area contributed by atoms with E-state index in [-0.39, 0.29) is 18.5 Å². The summed E-state index contributed by atoms with van der Waals surface area (Å²) in [7, 11) is 0. The summed E-state index contributed by atoms with van der Waals surface area (Å²) in [5.41, 5.74) is 8.35. The van der Waals surface area contributed by atoms with Crippen molar-refractivity contribution in [3.05, 3.63) is 60.7 Å². The van der Waals surface area contributed by atoms with Gasteiger partial charge in [-0.05, 0) is 13.8 Å². The van der Waals surface area contributed by atoms with Gasteiger partial charge in [-0.25, -0.2) is 4.98 Å². The zero-order valence-corrected chi connectivity index (χ0v) is 14.4. The predicted molar refractivity (Wildman–Crippen MR) is 101 cm³/mol. The molecule has 0 spiro atoms. The second-order valence-electron chi connectivity index (χ2n) is 6.20. The summed E-state index contributed by atoms with van der Waals surface area (Å²) in [4.78, 5) is 21.7. The van der Waals surface area contributed by atoms with Crippen LogP contribution in [0.4, 0.5) is 5.82 Å². The van der Waals surface area contributed by atoms with E-state index < -0.39 is 0 Å². The second kappa shape index (κ2) is 7.21. The summed E-state index contributed by atoms with van der Waals surface area (Å²) >= 11 is 0. The smallest absolute Gasteiger partial charge is 0.237 e. The molecule has 0 unspecified atom stereocenters. The van der Waals surface area contributed by atoms with Crippen molar-refractivity contribution in [2.75, 3.05) is 11.4 Å². The van der Waals surface area contributed by atoms with Gasteiger partial charge in [-0.1, -0.05) is 60.7 Å². The molecule has 0 bridgehead atoms. The minimum atomic E-state index is -0.378. The fraction of sp³-hybridized carbons (Fsp3) is 0.200. The van der Waals surface area contributed by atoms with Crippen molar-refractivity contribution in [3.8, 4) is 22.6 Å². The summed E-state index contributed by atoms with van der Waals surface area (Å²) in [5.74, 6) is 1.13. The van der Waals surface area contributed by atoms with E-state index in [9.17, 15) is 4.79 Å². The van der Waals surface area contributed by atoms with Crippen LogP contribution in [-0.2, 0) is 4.79 Å². The molecule has 5 heteroatoms. The number of nitrogens with one attached hydrogen (secondary N) is 1. The number of H-pyrrole nitrogens is 1. The first-order valence-corrected chi connectivity index (χ1v) is 8.32. The number of benzene rings is 2. The van der Waals surface area contributed by atoms with Crippen LogP contribution < -0.4 is 10.6 Å². The highest BCUT2D eigenvalue weighted by molar-refractivity contribution is 5.83. The Morgan fingerprint density at radius 3 is 2.12 bits per heavy atom. The van der Waals surface area contributed by atoms with Crippen LogP contribution in [0.5, 0.6) is 0 Å². The molecule has 0 aliphatic rings. The monoisotopic (exact) mass is 334 g/mol. The van der Waals surface area contributed by atoms with Gasteiger partial charge in [0.2, 0.25) is 5.91 Å². The molecule has 1 amide bonds. The first-order chi connectivity index (χ1) is 12.1. The highest BCUT2D eigenvalue weighted by Crippen LogP contribution is 2.32. The van der Waals surface area contributed by atoms with Gasteiger partial charge in [0, 0.05) is 17.2 Å². The molecular formula is C20H22N4O. The van der Waals surface area contributed by atoms with Crippen molar-refractivity contribution in [3.63, 3.8) is 0 Å². The average Bonchev–Trinajstić information content (AvgIpc) is 3.06. The van der Waals surface area contributed by atoms with Gasteiger partial charge in [-0.15, -0.1) is 0 Å². The lowest BCUT2D eigenvalue weighted by atomic mass is 10.1. The van der Waals surface area contributed by atoms with Gasteiger partial charge in [0.05, 0.1) is 12.2 Å². The van der Waals surface area contributed by atoms with Crippen LogP contribution in [0, 0.1) is 0 Å². The van der Waals surface area contributed by atoms with Gasteiger partial charge in [0.15, 0.2) is 5.82 Å². The summed E-state index contributed by atoms with van der Waals surface area (Å²) < 4.78 is 0. The van der Waals surface area contributed by atoms with Gasteiger partial charge in [0.1, 0.15) is 5.82 Å². The normalized spacial score (nSPS) is 10.8. The number of nitrogens with two attached hydrogens (primary N) is 1. The molecule has 0 radical (unpaired) electrons. The van der Waals surface area contributed by atoms with Crippen LogP contribution in [0.3, 0.4) is 0 Å². The molecule has 0 saturated carbocycles. The molecule has 0 atom stereocenters. The number of nitrogens with zero attached hydrogens (tertiary/aromatic N) is 2. The van der Waals surface area contributed by atoms with Crippen molar-refractivity contribution in [2.24, 2.45) is 5.73 Å². The van der Waals surface area contributed by atoms with Crippen molar-refractivity contribution >= 4 is 11.7 Å². The lowest BCUT2D eigenvalue weighted by Gasteiger charge is -2.26. The zero-order chi connectivity index (χ0) is 17.8. The van der Waals surface area contributed by atoms with Gasteiger partial charge in [-0.2, -0.15) is 0 Å². The number of imidazole rings is 1. The van der Waals surface area contributed by atoms with Gasteiger partial charge in [0.25, 0.3) is 0 Å². The number of carbonyl (C=O) groups excluding carboxylic acids is 1. The molecule has 3 rings (SSSR count). The Kier molecular flexibility index (Phi) is 4.84. The lowest BCUT2D eigenvalue weighted by Crippen LogP contribution is -2.39. The highest BCUT2D eigenvalue weighted by Gasteiger charge is 2.22. The van der Waals surface area contributed by atoms with Crippen molar-refractivity contribution in [1.82, 2.24) is 9.97 Å². The van der Waals surface area contributed by atoms with Crippen molar-refractivity contribution in [2.45, 2.75) is 19.9 Å². The van der Waals surface area contributed by atoms with E-state index in [1.807, 2.05) is 79.4 Å². The van der Waals surface area contributed by atoms with E-state index in [2.05, 4.69) is 4.98 Å². The highest BCUT2D eigenvalue weighted by atomic mass is 16.1. The Balaban J connectivity index is 2.14. The van der Waals surface area contributed by atoms with Crippen LogP contribution in [-0.4, -0.2) is 28.5 Å². The standard InChI is InChI=1S/C20H22N4O/c1-14(2)24(13-17(21)25)20-18(15-9-5-3-6-10-15)22-19(23-20)16-11-7-4-8-12-16/h3-12,14H,13H2,1-2H3,(H2,21,25)(H,22,23). The first kappa shape index (κ1) is 16.8. The topological polar surface area (TPSA) is 75.0 Å². The Morgan fingerprint density at radius 1 is 1.04 bits per heavy atom. The molecule has 0 fully saturated rings. The summed E-state index contributed by atoms with van der Waals surface area (Å²) in [5, 5.41) is 0. The first-order valence-electron chi connectivity index (χ1n) is 8.32. The molecule has 3 aromatic rings. The lowest BCUT2D eigenvalue weighted by molar-refractivity contribution is -0.116. The SMILES string of the molecule is CC(C)N(CC(N)=O)c1nc(-c2ccccc2)[nH]c1-c1ccccc1. The number of aromatic nitrogens is 2. The third-order valence-electron chi connectivity index (χ3n) is 4.02. The molecule has 5 nitrogen and oxygen atoms in total. The van der Waals surface area contributed by atoms with E-state index >= 15 is 0 Å². The summed E-state index contributed by atoms with van der Waals surface area (Å²) in [6.07, 6.45) is 0. The molecule has 3 N–H and O–H groups in total. The maximum atomic E-state index is 11.6. The van der Waals surface area contributed by atoms with Crippen LogP contribution >= 0.6 is 0 Å². The number of hydrogen-bond donors (Lipinski definition) is 2. The minimum absolute atomic E-state index is 0.0851. The zero-order valence-electron chi connectivity index (χ0n) is 14.4. The predicted octanol–water partition coefficient (Wildman–Crippen LogP) is 3.44. The molecule has 1 aromatic heterocycles. The third kappa shape index (κ3) is 3.71. The van der Waals surface area contributed by atoms with Gasteiger partial charge in [-0.3, -0.25) is 4.79 Å². The Morgan fingerprint density at radius 2 is 1.60 bits per heavy atom. The maximum Gasteiger partial charge on any atom is 0.237 e. The number of rotatable bonds is 6. The summed E-state index contributed by atoms with van der Waals surface area (Å²) in [6.45, 7) is 4.17. The summed E-state index contributed by atoms with van der Waals surface area (Å²) in [6, 6.07) is 20.0. The van der Waals surface area contributed by atoms with Crippen molar-refractivity contribution in [1.29, 1.82) is 0 Å². The minimum Gasteiger partial charge on any atom is -0.368 e. The number of carbonyl (C=O) groups is 1. The van der Waals surface area contributed by atoms with Crippen LogP contribution in [0.2, 0.25) is 0 Å². The molecule has 0 aliphatic carbocycles. The quantitative estimate of drug-likeness (QED) is 0.725. The number of anilines is 1. The van der Waals surface area contributed by atoms with Crippen LogP contribution in [0.15, 0.2) is 60.7 Å².